The minimum Gasteiger partial charge on any atom is -0.380 e. The van der Waals surface area contributed by atoms with Gasteiger partial charge in [-0.15, -0.1) is 0 Å². The molecule has 10 heavy (non-hydrogen) atoms. The third-order valence-corrected chi connectivity index (χ3v) is 1.88. The smallest absolute Gasteiger partial charge is 0.163 e. The molecule has 58 valence electrons. The van der Waals surface area contributed by atoms with Crippen LogP contribution in [0.1, 0.15) is 19.8 Å². The van der Waals surface area contributed by atoms with Crippen molar-refractivity contribution < 1.29 is 14.6 Å². The van der Waals surface area contributed by atoms with Crippen molar-refractivity contribution >= 4 is 5.78 Å². The summed E-state index contributed by atoms with van der Waals surface area (Å²) in [6, 6.07) is 0. The molecule has 0 aromatic rings. The van der Waals surface area contributed by atoms with Gasteiger partial charge < -0.3 is 9.84 Å². The van der Waals surface area contributed by atoms with Crippen molar-refractivity contribution in [2.45, 2.75) is 25.4 Å². The molecular weight excluding hydrogens is 132 g/mol. The van der Waals surface area contributed by atoms with E-state index in [1.165, 1.54) is 6.92 Å². The van der Waals surface area contributed by atoms with Crippen molar-refractivity contribution in [3.05, 3.63) is 0 Å². The molecular formula is C7H12O3. The minimum atomic E-state index is -1.18. The Kier molecular flexibility index (Phi) is 2.06. The summed E-state index contributed by atoms with van der Waals surface area (Å²) in [7, 11) is 0. The first-order valence-electron chi connectivity index (χ1n) is 3.46. The largest absolute Gasteiger partial charge is 0.380 e. The number of hydrogen-bond acceptors (Lipinski definition) is 3. The summed E-state index contributed by atoms with van der Waals surface area (Å²) < 4.78 is 4.98. The highest BCUT2D eigenvalue weighted by Gasteiger charge is 2.34. The first-order valence-corrected chi connectivity index (χ1v) is 3.46. The number of ether oxygens (including phenoxy) is 1. The molecule has 1 unspecified atom stereocenters. The van der Waals surface area contributed by atoms with Crippen LogP contribution in [-0.2, 0) is 9.53 Å². The van der Waals surface area contributed by atoms with Crippen LogP contribution in [-0.4, -0.2) is 29.7 Å². The van der Waals surface area contributed by atoms with Gasteiger partial charge in [0.25, 0.3) is 0 Å². The van der Waals surface area contributed by atoms with Crippen LogP contribution in [0.5, 0.6) is 0 Å². The van der Waals surface area contributed by atoms with Gasteiger partial charge in [0.05, 0.1) is 6.61 Å². The second-order valence-corrected chi connectivity index (χ2v) is 2.74. The van der Waals surface area contributed by atoms with Crippen molar-refractivity contribution in [1.82, 2.24) is 0 Å². The first-order chi connectivity index (χ1) is 4.65. The summed E-state index contributed by atoms with van der Waals surface area (Å²) in [4.78, 5) is 10.8. The summed E-state index contributed by atoms with van der Waals surface area (Å²) in [5.74, 6) is -0.188. The lowest BCUT2D eigenvalue weighted by Crippen LogP contribution is -2.44. The molecule has 1 aliphatic heterocycles. The Morgan fingerprint density at radius 2 is 2.40 bits per heavy atom. The van der Waals surface area contributed by atoms with Gasteiger partial charge in [-0.25, -0.2) is 0 Å². The summed E-state index contributed by atoms with van der Waals surface area (Å²) in [6.07, 6.45) is 1.32. The minimum absolute atomic E-state index is 0.169. The first kappa shape index (κ1) is 7.69. The quantitative estimate of drug-likeness (QED) is 0.568. The number of ketones is 1. The Bertz CT molecular complexity index is 136. The molecule has 1 saturated heterocycles. The molecule has 1 rings (SSSR count). The van der Waals surface area contributed by atoms with E-state index in [1.54, 1.807) is 0 Å². The predicted octanol–water partition coefficient (Wildman–Crippen LogP) is 0.117. The Morgan fingerprint density at radius 3 is 2.70 bits per heavy atom. The molecule has 0 aromatic carbocycles. The van der Waals surface area contributed by atoms with E-state index in [0.29, 0.717) is 13.0 Å². The van der Waals surface area contributed by atoms with Gasteiger partial charge in [0.2, 0.25) is 0 Å². The Morgan fingerprint density at radius 1 is 1.70 bits per heavy atom. The average molecular weight is 144 g/mol. The fourth-order valence-corrected chi connectivity index (χ4v) is 1.06. The van der Waals surface area contributed by atoms with Gasteiger partial charge >= 0.3 is 0 Å². The molecule has 0 aliphatic carbocycles. The summed E-state index contributed by atoms with van der Waals surface area (Å²) in [6.45, 7) is 2.23. The van der Waals surface area contributed by atoms with Gasteiger partial charge in [0.15, 0.2) is 5.78 Å². The molecule has 0 aromatic heterocycles. The lowest BCUT2D eigenvalue weighted by Gasteiger charge is -2.28. The highest BCUT2D eigenvalue weighted by atomic mass is 16.5. The highest BCUT2D eigenvalue weighted by Crippen LogP contribution is 2.19. The Balaban J connectivity index is 2.56. The molecule has 0 spiro atoms. The Labute approximate surface area is 60.0 Å². The normalized spacial score (nSPS) is 33.8. The van der Waals surface area contributed by atoms with E-state index in [9.17, 15) is 9.90 Å². The molecule has 1 atom stereocenters. The number of Topliss-reactive ketones (excluding diaryl/α,β-unsaturated/α-hetero) is 1. The van der Waals surface area contributed by atoms with E-state index in [-0.39, 0.29) is 12.4 Å². The number of carbonyl (C=O) groups is 1. The standard InChI is InChI=1S/C7H12O3/c1-6(8)7(9)3-2-4-10-5-7/h9H,2-5H2,1H3. The van der Waals surface area contributed by atoms with Gasteiger partial charge in [-0.3, -0.25) is 4.79 Å². The van der Waals surface area contributed by atoms with Crippen molar-refractivity contribution in [2.24, 2.45) is 0 Å². The zero-order valence-corrected chi connectivity index (χ0v) is 6.09. The lowest BCUT2D eigenvalue weighted by atomic mass is 9.93. The molecule has 3 nitrogen and oxygen atoms in total. The van der Waals surface area contributed by atoms with Crippen molar-refractivity contribution in [2.75, 3.05) is 13.2 Å². The van der Waals surface area contributed by atoms with E-state index >= 15 is 0 Å². The van der Waals surface area contributed by atoms with Crippen molar-refractivity contribution in [3.63, 3.8) is 0 Å². The van der Waals surface area contributed by atoms with Crippen LogP contribution in [0.4, 0.5) is 0 Å². The van der Waals surface area contributed by atoms with E-state index in [1.807, 2.05) is 0 Å². The second-order valence-electron chi connectivity index (χ2n) is 2.74. The van der Waals surface area contributed by atoms with Crippen LogP contribution < -0.4 is 0 Å². The topological polar surface area (TPSA) is 46.5 Å². The molecule has 1 aliphatic rings. The molecule has 0 radical (unpaired) electrons. The predicted molar refractivity (Wildman–Crippen MR) is 35.7 cm³/mol. The maximum absolute atomic E-state index is 10.8. The van der Waals surface area contributed by atoms with Gasteiger partial charge in [-0.1, -0.05) is 0 Å². The lowest BCUT2D eigenvalue weighted by molar-refractivity contribution is -0.149. The molecule has 0 saturated carbocycles. The number of rotatable bonds is 1. The fourth-order valence-electron chi connectivity index (χ4n) is 1.06. The van der Waals surface area contributed by atoms with E-state index in [2.05, 4.69) is 0 Å². The summed E-state index contributed by atoms with van der Waals surface area (Å²) in [5.41, 5.74) is -1.18. The highest BCUT2D eigenvalue weighted by molar-refractivity contribution is 5.84. The number of carbonyl (C=O) groups excluding carboxylic acids is 1. The van der Waals surface area contributed by atoms with Gasteiger partial charge in [0.1, 0.15) is 5.60 Å². The van der Waals surface area contributed by atoms with Crippen LogP contribution in [0.25, 0.3) is 0 Å². The van der Waals surface area contributed by atoms with Crippen LogP contribution in [0.15, 0.2) is 0 Å². The number of hydrogen-bond donors (Lipinski definition) is 1. The number of aliphatic hydroxyl groups is 1. The Hall–Kier alpha value is -0.410. The summed E-state index contributed by atoms with van der Waals surface area (Å²) >= 11 is 0. The zero-order chi connectivity index (χ0) is 7.61. The molecule has 0 amide bonds. The van der Waals surface area contributed by atoms with Crippen molar-refractivity contribution in [1.29, 1.82) is 0 Å². The second kappa shape index (κ2) is 2.68. The van der Waals surface area contributed by atoms with Gasteiger partial charge in [0, 0.05) is 6.61 Å². The van der Waals surface area contributed by atoms with Crippen LogP contribution in [0, 0.1) is 0 Å². The van der Waals surface area contributed by atoms with Crippen LogP contribution >= 0.6 is 0 Å². The van der Waals surface area contributed by atoms with E-state index in [0.717, 1.165) is 6.42 Å². The molecule has 1 fully saturated rings. The molecule has 1 N–H and O–H groups in total. The van der Waals surface area contributed by atoms with Gasteiger partial charge in [-0.2, -0.15) is 0 Å². The SMILES string of the molecule is CC(=O)C1(O)CCCOC1. The maximum atomic E-state index is 10.8. The zero-order valence-electron chi connectivity index (χ0n) is 6.09. The van der Waals surface area contributed by atoms with E-state index < -0.39 is 5.60 Å². The van der Waals surface area contributed by atoms with Crippen LogP contribution in [0.3, 0.4) is 0 Å². The molecule has 1 heterocycles. The molecule has 0 bridgehead atoms. The van der Waals surface area contributed by atoms with E-state index in [4.69, 9.17) is 4.74 Å². The van der Waals surface area contributed by atoms with Crippen molar-refractivity contribution in [3.8, 4) is 0 Å². The van der Waals surface area contributed by atoms with Crippen LogP contribution in [0.2, 0.25) is 0 Å². The molecule has 3 heteroatoms. The maximum Gasteiger partial charge on any atom is 0.163 e. The third kappa shape index (κ3) is 1.36. The fraction of sp³-hybridized carbons (Fsp3) is 0.857. The monoisotopic (exact) mass is 144 g/mol. The summed E-state index contributed by atoms with van der Waals surface area (Å²) in [5, 5.41) is 9.47. The van der Waals surface area contributed by atoms with Gasteiger partial charge in [-0.05, 0) is 19.8 Å². The third-order valence-electron chi connectivity index (χ3n) is 1.88. The average Bonchev–Trinajstić information content (AvgIpc) is 1.89.